The molecule has 4 N–H and O–H groups in total. The number of hydrogen-bond acceptors (Lipinski definition) is 4. The van der Waals surface area contributed by atoms with Crippen molar-refractivity contribution in [3.8, 4) is 0 Å². The Morgan fingerprint density at radius 2 is 2.06 bits per heavy atom. The van der Waals surface area contributed by atoms with Crippen molar-refractivity contribution < 1.29 is 9.59 Å². The molecule has 1 heterocycles. The molecule has 0 aliphatic carbocycles. The molecule has 0 saturated heterocycles. The Hall–Kier alpha value is -1.72. The molecule has 2 rings (SSSR count). The van der Waals surface area contributed by atoms with Gasteiger partial charge in [0.05, 0.1) is 12.2 Å². The Labute approximate surface area is 106 Å². The van der Waals surface area contributed by atoms with Gasteiger partial charge in [0.1, 0.15) is 0 Å². The van der Waals surface area contributed by atoms with Gasteiger partial charge < -0.3 is 11.5 Å². The van der Waals surface area contributed by atoms with Crippen molar-refractivity contribution in [3.63, 3.8) is 0 Å². The second-order valence-corrected chi connectivity index (χ2v) is 4.33. The van der Waals surface area contributed by atoms with Crippen LogP contribution in [0, 0.1) is 0 Å². The van der Waals surface area contributed by atoms with E-state index >= 15 is 0 Å². The molecule has 1 aliphatic rings. The lowest BCUT2D eigenvalue weighted by Crippen LogP contribution is -2.43. The Morgan fingerprint density at radius 3 is 2.72 bits per heavy atom. The molecule has 5 heteroatoms. The monoisotopic (exact) mass is 247 g/mol. The largest absolute Gasteiger partial charge is 0.330 e. The number of carbonyl (C=O) groups is 2. The van der Waals surface area contributed by atoms with Crippen LogP contribution in [0.25, 0.3) is 0 Å². The fourth-order valence-electron chi connectivity index (χ4n) is 2.23. The molecular formula is C13H17N3O2. The van der Waals surface area contributed by atoms with Gasteiger partial charge >= 0.3 is 0 Å². The topological polar surface area (TPSA) is 89.4 Å². The summed E-state index contributed by atoms with van der Waals surface area (Å²) < 4.78 is 0. The first kappa shape index (κ1) is 12.7. The zero-order valence-corrected chi connectivity index (χ0v) is 10.2. The van der Waals surface area contributed by atoms with Gasteiger partial charge in [0.2, 0.25) is 11.8 Å². The van der Waals surface area contributed by atoms with Gasteiger partial charge in [0.15, 0.2) is 0 Å². The van der Waals surface area contributed by atoms with E-state index in [4.69, 9.17) is 11.5 Å². The standard InChI is InChI=1S/C13H17N3O2/c14-6-5-9-1-3-11-10(7-9)2-4-12(17)16(11)13(18)8-15/h1,3,7H,2,4-6,8,14-15H2. The minimum Gasteiger partial charge on any atom is -0.330 e. The highest BCUT2D eigenvalue weighted by Gasteiger charge is 2.28. The van der Waals surface area contributed by atoms with Crippen molar-refractivity contribution in [1.82, 2.24) is 0 Å². The van der Waals surface area contributed by atoms with Crippen LogP contribution in [0.1, 0.15) is 17.5 Å². The number of imide groups is 1. The molecule has 1 aromatic carbocycles. The molecule has 96 valence electrons. The van der Waals surface area contributed by atoms with Crippen molar-refractivity contribution in [2.75, 3.05) is 18.0 Å². The Bertz CT molecular complexity index is 485. The third kappa shape index (κ3) is 2.27. The number of hydrogen-bond donors (Lipinski definition) is 2. The van der Waals surface area contributed by atoms with Gasteiger partial charge in [-0.3, -0.25) is 9.59 Å². The van der Waals surface area contributed by atoms with E-state index in [-0.39, 0.29) is 18.4 Å². The van der Waals surface area contributed by atoms with Crippen molar-refractivity contribution in [3.05, 3.63) is 29.3 Å². The minimum absolute atomic E-state index is 0.157. The Morgan fingerprint density at radius 1 is 1.28 bits per heavy atom. The van der Waals surface area contributed by atoms with Crippen LogP contribution in [0.4, 0.5) is 5.69 Å². The van der Waals surface area contributed by atoms with E-state index < -0.39 is 0 Å². The smallest absolute Gasteiger partial charge is 0.247 e. The van der Waals surface area contributed by atoms with Gasteiger partial charge in [-0.25, -0.2) is 4.90 Å². The van der Waals surface area contributed by atoms with Gasteiger partial charge in [-0.15, -0.1) is 0 Å². The molecule has 0 saturated carbocycles. The third-order valence-electron chi connectivity index (χ3n) is 3.10. The lowest BCUT2D eigenvalue weighted by atomic mass is 9.97. The maximum absolute atomic E-state index is 11.8. The van der Waals surface area contributed by atoms with Crippen molar-refractivity contribution >= 4 is 17.5 Å². The highest BCUT2D eigenvalue weighted by atomic mass is 16.2. The molecule has 0 radical (unpaired) electrons. The van der Waals surface area contributed by atoms with Gasteiger partial charge in [0.25, 0.3) is 0 Å². The van der Waals surface area contributed by atoms with Gasteiger partial charge in [-0.1, -0.05) is 12.1 Å². The summed E-state index contributed by atoms with van der Waals surface area (Å²) in [6.45, 7) is 0.429. The van der Waals surface area contributed by atoms with Crippen molar-refractivity contribution in [2.24, 2.45) is 11.5 Å². The summed E-state index contributed by atoms with van der Waals surface area (Å²) in [7, 11) is 0. The van der Waals surface area contributed by atoms with Crippen LogP contribution >= 0.6 is 0 Å². The van der Waals surface area contributed by atoms with Crippen LogP contribution in [0.15, 0.2) is 18.2 Å². The van der Waals surface area contributed by atoms with E-state index in [0.717, 1.165) is 17.5 Å². The summed E-state index contributed by atoms with van der Waals surface area (Å²) in [6, 6.07) is 5.73. The normalized spacial score (nSPS) is 14.6. The average molecular weight is 247 g/mol. The maximum Gasteiger partial charge on any atom is 0.247 e. The van der Waals surface area contributed by atoms with Crippen molar-refractivity contribution in [2.45, 2.75) is 19.3 Å². The molecule has 2 amide bonds. The van der Waals surface area contributed by atoms with Crippen LogP contribution < -0.4 is 16.4 Å². The molecule has 0 atom stereocenters. The van der Waals surface area contributed by atoms with Gasteiger partial charge in [-0.2, -0.15) is 0 Å². The van der Waals surface area contributed by atoms with Crippen LogP contribution in [0.2, 0.25) is 0 Å². The molecular weight excluding hydrogens is 230 g/mol. The summed E-state index contributed by atoms with van der Waals surface area (Å²) in [5, 5.41) is 0. The van der Waals surface area contributed by atoms with E-state index in [2.05, 4.69) is 0 Å². The number of fused-ring (bicyclic) bond motifs is 1. The molecule has 1 aromatic rings. The lowest BCUT2D eigenvalue weighted by molar-refractivity contribution is -0.126. The number of amides is 2. The molecule has 0 unspecified atom stereocenters. The summed E-state index contributed by atoms with van der Waals surface area (Å²) in [5.41, 5.74) is 13.7. The van der Waals surface area contributed by atoms with Crippen LogP contribution in [0.3, 0.4) is 0 Å². The zero-order chi connectivity index (χ0) is 13.1. The molecule has 0 aromatic heterocycles. The predicted octanol–water partition coefficient (Wildman–Crippen LogP) is -0.0477. The second kappa shape index (κ2) is 5.29. The highest BCUT2D eigenvalue weighted by molar-refractivity contribution is 6.16. The SMILES string of the molecule is NCCc1ccc2c(c1)CCC(=O)N2C(=O)CN. The van der Waals surface area contributed by atoms with E-state index in [1.807, 2.05) is 18.2 Å². The first-order valence-electron chi connectivity index (χ1n) is 6.05. The quantitative estimate of drug-likeness (QED) is 0.783. The van der Waals surface area contributed by atoms with Crippen LogP contribution in [-0.2, 0) is 22.4 Å². The Kier molecular flexibility index (Phi) is 3.74. The first-order chi connectivity index (χ1) is 8.67. The van der Waals surface area contributed by atoms with Crippen LogP contribution in [-0.4, -0.2) is 24.9 Å². The molecule has 0 fully saturated rings. The predicted molar refractivity (Wildman–Crippen MR) is 69.1 cm³/mol. The number of nitrogens with two attached hydrogens (primary N) is 2. The molecule has 1 aliphatic heterocycles. The van der Waals surface area contributed by atoms with Crippen molar-refractivity contribution in [1.29, 1.82) is 0 Å². The summed E-state index contributed by atoms with van der Waals surface area (Å²) in [6.07, 6.45) is 1.82. The second-order valence-electron chi connectivity index (χ2n) is 4.33. The van der Waals surface area contributed by atoms with E-state index in [1.54, 1.807) is 0 Å². The number of rotatable bonds is 3. The number of anilines is 1. The number of nitrogens with zero attached hydrogens (tertiary/aromatic N) is 1. The van der Waals surface area contributed by atoms with E-state index in [0.29, 0.717) is 25.1 Å². The van der Waals surface area contributed by atoms with Gasteiger partial charge in [0, 0.05) is 6.42 Å². The lowest BCUT2D eigenvalue weighted by Gasteiger charge is -2.27. The maximum atomic E-state index is 11.8. The first-order valence-corrected chi connectivity index (χ1v) is 6.05. The molecule has 5 nitrogen and oxygen atoms in total. The summed E-state index contributed by atoms with van der Waals surface area (Å²) >= 11 is 0. The molecule has 0 bridgehead atoms. The average Bonchev–Trinajstić information content (AvgIpc) is 2.38. The van der Waals surface area contributed by atoms with E-state index in [9.17, 15) is 9.59 Å². The minimum atomic E-state index is -0.354. The highest BCUT2D eigenvalue weighted by Crippen LogP contribution is 2.28. The number of benzene rings is 1. The van der Waals surface area contributed by atoms with E-state index in [1.165, 1.54) is 4.90 Å². The molecule has 0 spiro atoms. The van der Waals surface area contributed by atoms with Gasteiger partial charge in [-0.05, 0) is 36.6 Å². The Balaban J connectivity index is 2.38. The fourth-order valence-corrected chi connectivity index (χ4v) is 2.23. The number of carbonyl (C=O) groups excluding carboxylic acids is 2. The molecule has 18 heavy (non-hydrogen) atoms. The number of aryl methyl sites for hydroxylation is 1. The summed E-state index contributed by atoms with van der Waals surface area (Å²) in [5.74, 6) is -0.531. The van der Waals surface area contributed by atoms with Crippen LogP contribution in [0.5, 0.6) is 0 Å². The fraction of sp³-hybridized carbons (Fsp3) is 0.385. The summed E-state index contributed by atoms with van der Waals surface area (Å²) in [4.78, 5) is 24.7. The third-order valence-corrected chi connectivity index (χ3v) is 3.10. The zero-order valence-electron chi connectivity index (χ0n) is 10.2.